The molecule has 1 aliphatic carbocycles. The lowest BCUT2D eigenvalue weighted by Crippen LogP contribution is -2.14. The predicted octanol–water partition coefficient (Wildman–Crippen LogP) is 13.0. The first-order valence-electron chi connectivity index (χ1n) is 17.8. The first kappa shape index (κ1) is 30.3. The van der Waals surface area contributed by atoms with E-state index in [-0.39, 0.29) is 5.41 Å². The van der Waals surface area contributed by atoms with Crippen LogP contribution in [0.15, 0.2) is 174 Å². The molecule has 0 saturated heterocycles. The molecule has 0 spiro atoms. The van der Waals surface area contributed by atoms with E-state index in [1.165, 1.54) is 22.3 Å². The highest BCUT2D eigenvalue weighted by molar-refractivity contribution is 6.06. The van der Waals surface area contributed by atoms with E-state index in [9.17, 15) is 0 Å². The van der Waals surface area contributed by atoms with Crippen molar-refractivity contribution in [3.8, 4) is 67.3 Å². The Labute approximate surface area is 302 Å². The lowest BCUT2D eigenvalue weighted by atomic mass is 9.82. The highest BCUT2D eigenvalue weighted by Crippen LogP contribution is 2.52. The molecule has 7 aromatic carbocycles. The number of para-hydroxylation sites is 1. The molecule has 9 aromatic rings. The largest absolute Gasteiger partial charge is 0.456 e. The Hall–Kier alpha value is -6.58. The highest BCUT2D eigenvalue weighted by Gasteiger charge is 2.36. The predicted molar refractivity (Wildman–Crippen MR) is 214 cm³/mol. The molecule has 246 valence electrons. The van der Waals surface area contributed by atoms with Gasteiger partial charge in [0.15, 0.2) is 5.82 Å². The number of hydrogen-bond donors (Lipinski definition) is 0. The normalized spacial score (nSPS) is 13.0. The van der Waals surface area contributed by atoms with E-state index in [0.717, 1.165) is 72.3 Å². The van der Waals surface area contributed by atoms with E-state index in [1.807, 2.05) is 30.3 Å². The van der Waals surface area contributed by atoms with E-state index >= 15 is 0 Å². The third-order valence-corrected chi connectivity index (χ3v) is 10.7. The van der Waals surface area contributed by atoms with Crippen molar-refractivity contribution in [1.82, 2.24) is 9.97 Å². The van der Waals surface area contributed by atoms with Crippen LogP contribution in [0.5, 0.6) is 0 Å². The van der Waals surface area contributed by atoms with Gasteiger partial charge >= 0.3 is 0 Å². The van der Waals surface area contributed by atoms with E-state index in [2.05, 4.69) is 153 Å². The summed E-state index contributed by atoms with van der Waals surface area (Å²) in [6.07, 6.45) is 0. The molecule has 0 amide bonds. The molecule has 0 saturated carbocycles. The van der Waals surface area contributed by atoms with E-state index in [4.69, 9.17) is 14.4 Å². The second kappa shape index (κ2) is 11.8. The van der Waals surface area contributed by atoms with Crippen molar-refractivity contribution < 1.29 is 4.42 Å². The Kier molecular flexibility index (Phi) is 6.84. The Morgan fingerprint density at radius 2 is 1.02 bits per heavy atom. The molecule has 52 heavy (non-hydrogen) atoms. The van der Waals surface area contributed by atoms with Gasteiger partial charge in [-0.1, -0.05) is 141 Å². The summed E-state index contributed by atoms with van der Waals surface area (Å²) in [6, 6.07) is 60.1. The molecule has 10 rings (SSSR count). The Morgan fingerprint density at radius 3 is 1.85 bits per heavy atom. The topological polar surface area (TPSA) is 38.9 Å². The molecule has 2 heterocycles. The maximum Gasteiger partial charge on any atom is 0.160 e. The maximum absolute atomic E-state index is 6.19. The standard InChI is InChI=1S/C49H34N2O/c1-49(2)41-21-11-9-19-38(41)47-39(20-13-22-42(47)49)44-30-43(50-48(51-44)32-16-7-4-8-17-32)36-27-34(31-14-5-3-6-15-31)26-35(28-36)33-24-25-46-40(29-33)37-18-10-12-23-45(37)52-46/h3-30H,1-2H3. The molecule has 2 aromatic heterocycles. The maximum atomic E-state index is 6.19. The van der Waals surface area contributed by atoms with Crippen LogP contribution in [-0.2, 0) is 5.41 Å². The number of fused-ring (bicyclic) bond motifs is 6. The lowest BCUT2D eigenvalue weighted by molar-refractivity contribution is 0.660. The SMILES string of the molecule is CC1(C)c2ccccc2-c2c(-c3cc(-c4cc(-c5ccccc5)cc(-c5ccc6oc7ccccc7c6c5)c4)nc(-c4ccccc4)n3)cccc21. The number of rotatable bonds is 5. The van der Waals surface area contributed by atoms with Gasteiger partial charge in [0.1, 0.15) is 11.2 Å². The lowest BCUT2D eigenvalue weighted by Gasteiger charge is -2.21. The van der Waals surface area contributed by atoms with Gasteiger partial charge in [-0.25, -0.2) is 9.97 Å². The van der Waals surface area contributed by atoms with Crippen molar-refractivity contribution in [3.05, 3.63) is 181 Å². The van der Waals surface area contributed by atoms with Crippen LogP contribution >= 0.6 is 0 Å². The van der Waals surface area contributed by atoms with Crippen molar-refractivity contribution in [2.45, 2.75) is 19.3 Å². The fourth-order valence-electron chi connectivity index (χ4n) is 8.06. The van der Waals surface area contributed by atoms with Crippen LogP contribution in [0, 0.1) is 0 Å². The molecule has 0 bridgehead atoms. The third kappa shape index (κ3) is 4.89. The molecule has 0 atom stereocenters. The van der Waals surface area contributed by atoms with Gasteiger partial charge < -0.3 is 4.42 Å². The average Bonchev–Trinajstić information content (AvgIpc) is 3.70. The minimum atomic E-state index is -0.111. The van der Waals surface area contributed by atoms with Gasteiger partial charge in [0, 0.05) is 32.9 Å². The summed E-state index contributed by atoms with van der Waals surface area (Å²) in [5.41, 5.74) is 16.3. The summed E-state index contributed by atoms with van der Waals surface area (Å²) in [5, 5.41) is 2.23. The fourth-order valence-corrected chi connectivity index (χ4v) is 8.06. The second-order valence-corrected chi connectivity index (χ2v) is 14.2. The molecule has 0 N–H and O–H groups in total. The van der Waals surface area contributed by atoms with Crippen molar-refractivity contribution in [3.63, 3.8) is 0 Å². The van der Waals surface area contributed by atoms with Gasteiger partial charge in [-0.2, -0.15) is 0 Å². The summed E-state index contributed by atoms with van der Waals surface area (Å²) in [5.74, 6) is 0.703. The van der Waals surface area contributed by atoms with Crippen LogP contribution in [0.2, 0.25) is 0 Å². The summed E-state index contributed by atoms with van der Waals surface area (Å²) in [4.78, 5) is 10.6. The molecule has 3 heteroatoms. The smallest absolute Gasteiger partial charge is 0.160 e. The van der Waals surface area contributed by atoms with Crippen LogP contribution in [-0.4, -0.2) is 9.97 Å². The molecule has 0 fully saturated rings. The van der Waals surface area contributed by atoms with Crippen molar-refractivity contribution in [1.29, 1.82) is 0 Å². The Bertz CT molecular complexity index is 2810. The number of nitrogens with zero attached hydrogens (tertiary/aromatic N) is 2. The Balaban J connectivity index is 1.21. The molecule has 0 radical (unpaired) electrons. The number of hydrogen-bond acceptors (Lipinski definition) is 3. The number of benzene rings is 7. The van der Waals surface area contributed by atoms with Crippen LogP contribution in [0.4, 0.5) is 0 Å². The molecular formula is C49H34N2O. The monoisotopic (exact) mass is 666 g/mol. The van der Waals surface area contributed by atoms with Gasteiger partial charge in [0.05, 0.1) is 11.4 Å². The zero-order chi connectivity index (χ0) is 34.8. The molecule has 0 aliphatic heterocycles. The van der Waals surface area contributed by atoms with Crippen LogP contribution in [0.25, 0.3) is 89.2 Å². The summed E-state index contributed by atoms with van der Waals surface area (Å²) in [7, 11) is 0. The Morgan fingerprint density at radius 1 is 0.404 bits per heavy atom. The van der Waals surface area contributed by atoms with Crippen molar-refractivity contribution in [2.75, 3.05) is 0 Å². The number of aromatic nitrogens is 2. The zero-order valence-electron chi connectivity index (χ0n) is 29.0. The molecule has 0 unspecified atom stereocenters. The first-order valence-corrected chi connectivity index (χ1v) is 17.8. The summed E-state index contributed by atoms with van der Waals surface area (Å²) >= 11 is 0. The third-order valence-electron chi connectivity index (χ3n) is 10.7. The zero-order valence-corrected chi connectivity index (χ0v) is 29.0. The van der Waals surface area contributed by atoms with Crippen molar-refractivity contribution >= 4 is 21.9 Å². The quantitative estimate of drug-likeness (QED) is 0.183. The van der Waals surface area contributed by atoms with E-state index < -0.39 is 0 Å². The van der Waals surface area contributed by atoms with E-state index in [0.29, 0.717) is 5.82 Å². The molecule has 1 aliphatic rings. The molecule has 3 nitrogen and oxygen atoms in total. The van der Waals surface area contributed by atoms with Gasteiger partial charge in [-0.15, -0.1) is 0 Å². The summed E-state index contributed by atoms with van der Waals surface area (Å²) in [6.45, 7) is 4.64. The van der Waals surface area contributed by atoms with Gasteiger partial charge in [0.25, 0.3) is 0 Å². The average molecular weight is 667 g/mol. The fraction of sp³-hybridized carbons (Fsp3) is 0.0612. The summed E-state index contributed by atoms with van der Waals surface area (Å²) < 4.78 is 6.19. The highest BCUT2D eigenvalue weighted by atomic mass is 16.3. The molecular weight excluding hydrogens is 633 g/mol. The minimum Gasteiger partial charge on any atom is -0.456 e. The van der Waals surface area contributed by atoms with Crippen LogP contribution in [0.3, 0.4) is 0 Å². The van der Waals surface area contributed by atoms with Crippen LogP contribution < -0.4 is 0 Å². The first-order chi connectivity index (χ1) is 25.5. The van der Waals surface area contributed by atoms with Crippen molar-refractivity contribution in [2.24, 2.45) is 0 Å². The minimum absolute atomic E-state index is 0.111. The van der Waals surface area contributed by atoms with Gasteiger partial charge in [-0.3, -0.25) is 0 Å². The van der Waals surface area contributed by atoms with Gasteiger partial charge in [-0.05, 0) is 87.0 Å². The van der Waals surface area contributed by atoms with Crippen LogP contribution in [0.1, 0.15) is 25.0 Å². The van der Waals surface area contributed by atoms with Gasteiger partial charge in [0.2, 0.25) is 0 Å². The second-order valence-electron chi connectivity index (χ2n) is 14.2. The van der Waals surface area contributed by atoms with E-state index in [1.54, 1.807) is 0 Å². The number of furan rings is 1.